The number of carbonyl (C=O) groups excluding carboxylic acids is 1. The summed E-state index contributed by atoms with van der Waals surface area (Å²) in [6, 6.07) is 1.37. The number of pyridine rings is 1. The average molecular weight is 326 g/mol. The zero-order valence-corrected chi connectivity index (χ0v) is 10.9. The largest absolute Gasteiger partial charge is 0.332 e. The molecular formula is C10H8BrClF2N2O. The van der Waals surface area contributed by atoms with Crippen LogP contribution in [-0.2, 0) is 0 Å². The Morgan fingerprint density at radius 2 is 2.29 bits per heavy atom. The van der Waals surface area contributed by atoms with E-state index in [1.54, 1.807) is 0 Å². The van der Waals surface area contributed by atoms with Crippen molar-refractivity contribution >= 4 is 33.4 Å². The smallest absolute Gasteiger partial charge is 0.267 e. The van der Waals surface area contributed by atoms with Crippen molar-refractivity contribution in [1.29, 1.82) is 0 Å². The minimum absolute atomic E-state index is 0.0538. The van der Waals surface area contributed by atoms with Crippen molar-refractivity contribution in [3.05, 3.63) is 27.5 Å². The van der Waals surface area contributed by atoms with Crippen LogP contribution in [0, 0.1) is 0 Å². The van der Waals surface area contributed by atoms with Gasteiger partial charge in [0.15, 0.2) is 0 Å². The van der Waals surface area contributed by atoms with Gasteiger partial charge in [-0.25, -0.2) is 13.8 Å². The van der Waals surface area contributed by atoms with Gasteiger partial charge in [-0.05, 0) is 22.0 Å². The number of likely N-dealkylation sites (tertiary alicyclic amines) is 1. The van der Waals surface area contributed by atoms with E-state index < -0.39 is 18.4 Å². The Balaban J connectivity index is 2.23. The maximum Gasteiger partial charge on any atom is 0.267 e. The van der Waals surface area contributed by atoms with E-state index >= 15 is 0 Å². The van der Waals surface area contributed by atoms with Gasteiger partial charge in [-0.2, -0.15) is 0 Å². The van der Waals surface area contributed by atoms with Gasteiger partial charge in [-0.1, -0.05) is 11.6 Å². The second kappa shape index (κ2) is 4.49. The first-order chi connectivity index (χ1) is 7.89. The second-order valence-corrected chi connectivity index (χ2v) is 5.06. The molecule has 0 aromatic carbocycles. The van der Waals surface area contributed by atoms with Gasteiger partial charge in [0.25, 0.3) is 11.8 Å². The highest BCUT2D eigenvalue weighted by Gasteiger charge is 2.40. The number of alkyl halides is 2. The standard InChI is InChI=1S/C10H8BrClF2N2O/c11-7-4-15-8(12)3-6(7)9(17)16-2-1-10(13,14)5-16/h3-4H,1-2,5H2. The quantitative estimate of drug-likeness (QED) is 0.744. The molecule has 1 aliphatic rings. The molecule has 0 bridgehead atoms. The van der Waals surface area contributed by atoms with E-state index in [2.05, 4.69) is 20.9 Å². The van der Waals surface area contributed by atoms with Crippen LogP contribution in [0.3, 0.4) is 0 Å². The Labute approximate surface area is 110 Å². The zero-order valence-electron chi connectivity index (χ0n) is 8.59. The van der Waals surface area contributed by atoms with Crippen molar-refractivity contribution in [2.75, 3.05) is 13.1 Å². The molecule has 0 saturated carbocycles. The number of carbonyl (C=O) groups is 1. The molecule has 3 nitrogen and oxygen atoms in total. The third-order valence-electron chi connectivity index (χ3n) is 2.51. The molecule has 1 fully saturated rings. The first-order valence-electron chi connectivity index (χ1n) is 4.87. The number of hydrogen-bond donors (Lipinski definition) is 0. The Hall–Kier alpha value is -0.750. The van der Waals surface area contributed by atoms with Gasteiger partial charge in [-0.3, -0.25) is 4.79 Å². The van der Waals surface area contributed by atoms with E-state index in [0.717, 1.165) is 4.90 Å². The van der Waals surface area contributed by atoms with Gasteiger partial charge in [0.1, 0.15) is 5.15 Å². The Bertz CT molecular complexity index is 470. The molecule has 0 aliphatic carbocycles. The molecule has 2 heterocycles. The lowest BCUT2D eigenvalue weighted by Gasteiger charge is -2.16. The van der Waals surface area contributed by atoms with Crippen LogP contribution in [0.25, 0.3) is 0 Å². The van der Waals surface area contributed by atoms with Gasteiger partial charge in [0.2, 0.25) is 0 Å². The molecule has 0 N–H and O–H groups in total. The lowest BCUT2D eigenvalue weighted by Crippen LogP contribution is -2.31. The predicted octanol–water partition coefficient (Wildman–Crippen LogP) is 2.98. The molecule has 1 saturated heterocycles. The fourth-order valence-corrected chi connectivity index (χ4v) is 2.20. The van der Waals surface area contributed by atoms with E-state index in [9.17, 15) is 13.6 Å². The topological polar surface area (TPSA) is 33.2 Å². The fourth-order valence-electron chi connectivity index (χ4n) is 1.66. The summed E-state index contributed by atoms with van der Waals surface area (Å²) in [5.74, 6) is -3.25. The van der Waals surface area contributed by atoms with E-state index in [-0.39, 0.29) is 23.7 Å². The summed E-state index contributed by atoms with van der Waals surface area (Å²) in [5.41, 5.74) is 0.253. The van der Waals surface area contributed by atoms with Gasteiger partial charge in [-0.15, -0.1) is 0 Å². The maximum absolute atomic E-state index is 13.0. The first kappa shape index (κ1) is 12.7. The highest BCUT2D eigenvalue weighted by atomic mass is 79.9. The molecule has 1 amide bonds. The maximum atomic E-state index is 13.0. The van der Waals surface area contributed by atoms with Gasteiger partial charge >= 0.3 is 0 Å². The Kier molecular flexibility index (Phi) is 3.36. The molecule has 0 atom stereocenters. The SMILES string of the molecule is O=C(c1cc(Cl)ncc1Br)N1CCC(F)(F)C1. The summed E-state index contributed by atoms with van der Waals surface area (Å²) in [6.45, 7) is -0.490. The molecule has 2 rings (SSSR count). The van der Waals surface area contributed by atoms with Crippen LogP contribution in [0.1, 0.15) is 16.8 Å². The van der Waals surface area contributed by atoms with E-state index in [0.29, 0.717) is 4.47 Å². The number of halogens is 4. The van der Waals surface area contributed by atoms with Crippen LogP contribution in [0.2, 0.25) is 5.15 Å². The van der Waals surface area contributed by atoms with Crippen molar-refractivity contribution in [3.8, 4) is 0 Å². The highest BCUT2D eigenvalue weighted by Crippen LogP contribution is 2.29. The van der Waals surface area contributed by atoms with Gasteiger partial charge in [0, 0.05) is 23.6 Å². The minimum atomic E-state index is -2.79. The van der Waals surface area contributed by atoms with Crippen molar-refractivity contribution in [3.63, 3.8) is 0 Å². The summed E-state index contributed by atoms with van der Waals surface area (Å²) in [5, 5.41) is 0.155. The lowest BCUT2D eigenvalue weighted by molar-refractivity contribution is 0.0120. The van der Waals surface area contributed by atoms with Crippen LogP contribution in [0.4, 0.5) is 8.78 Å². The zero-order chi connectivity index (χ0) is 12.6. The lowest BCUT2D eigenvalue weighted by atomic mass is 10.2. The first-order valence-corrected chi connectivity index (χ1v) is 6.04. The molecule has 0 unspecified atom stereocenters. The molecule has 0 radical (unpaired) electrons. The summed E-state index contributed by atoms with van der Waals surface area (Å²) in [4.78, 5) is 16.9. The number of hydrogen-bond acceptors (Lipinski definition) is 2. The predicted molar refractivity (Wildman–Crippen MR) is 62.4 cm³/mol. The van der Waals surface area contributed by atoms with Crippen molar-refractivity contribution in [1.82, 2.24) is 9.88 Å². The van der Waals surface area contributed by atoms with Crippen LogP contribution in [0.5, 0.6) is 0 Å². The fraction of sp³-hybridized carbons (Fsp3) is 0.400. The molecule has 1 aromatic heterocycles. The van der Waals surface area contributed by atoms with Crippen LogP contribution in [0.15, 0.2) is 16.7 Å². The summed E-state index contributed by atoms with van der Waals surface area (Å²) in [7, 11) is 0. The molecule has 0 spiro atoms. The number of aromatic nitrogens is 1. The molecule has 7 heteroatoms. The van der Waals surface area contributed by atoms with Crippen molar-refractivity contribution in [2.45, 2.75) is 12.3 Å². The third kappa shape index (κ3) is 2.74. The van der Waals surface area contributed by atoms with Crippen molar-refractivity contribution < 1.29 is 13.6 Å². The third-order valence-corrected chi connectivity index (χ3v) is 3.35. The number of amides is 1. The molecule has 92 valence electrons. The van der Waals surface area contributed by atoms with E-state index in [1.807, 2.05) is 0 Å². The van der Waals surface area contributed by atoms with Gasteiger partial charge < -0.3 is 4.90 Å². The second-order valence-electron chi connectivity index (χ2n) is 3.82. The minimum Gasteiger partial charge on any atom is -0.332 e. The van der Waals surface area contributed by atoms with Crippen molar-refractivity contribution in [2.24, 2.45) is 0 Å². The number of nitrogens with zero attached hydrogens (tertiary/aromatic N) is 2. The van der Waals surface area contributed by atoms with E-state index in [4.69, 9.17) is 11.6 Å². The Morgan fingerprint density at radius 3 is 2.88 bits per heavy atom. The monoisotopic (exact) mass is 324 g/mol. The van der Waals surface area contributed by atoms with Gasteiger partial charge in [0.05, 0.1) is 12.1 Å². The van der Waals surface area contributed by atoms with E-state index in [1.165, 1.54) is 12.3 Å². The summed E-state index contributed by atoms with van der Waals surface area (Å²) < 4.78 is 26.5. The Morgan fingerprint density at radius 1 is 1.59 bits per heavy atom. The molecule has 17 heavy (non-hydrogen) atoms. The summed E-state index contributed by atoms with van der Waals surface area (Å²) >= 11 is 8.82. The van der Waals surface area contributed by atoms with Crippen LogP contribution in [-0.4, -0.2) is 34.8 Å². The molecular weight excluding hydrogens is 317 g/mol. The molecule has 1 aliphatic heterocycles. The number of rotatable bonds is 1. The summed E-state index contributed by atoms with van der Waals surface area (Å²) in [6.07, 6.45) is 1.08. The molecule has 1 aromatic rings. The normalized spacial score (nSPS) is 18.5. The van der Waals surface area contributed by atoms with Crippen LogP contribution >= 0.6 is 27.5 Å². The van der Waals surface area contributed by atoms with Crippen LogP contribution < -0.4 is 0 Å². The average Bonchev–Trinajstić information content (AvgIpc) is 2.61. The highest BCUT2D eigenvalue weighted by molar-refractivity contribution is 9.10.